The second-order valence-electron chi connectivity index (χ2n) is 6.91. The fourth-order valence-corrected chi connectivity index (χ4v) is 3.15. The molecule has 2 aromatic rings. The zero-order valence-electron chi connectivity index (χ0n) is 17.5. The molecule has 0 fully saturated rings. The van der Waals surface area contributed by atoms with E-state index < -0.39 is 0 Å². The zero-order chi connectivity index (χ0) is 21.3. The highest BCUT2D eigenvalue weighted by atomic mass is 16.7. The van der Waals surface area contributed by atoms with Gasteiger partial charge in [-0.3, -0.25) is 4.79 Å². The topological polar surface area (TPSA) is 77.1 Å². The van der Waals surface area contributed by atoms with Crippen LogP contribution in [-0.2, 0) is 4.74 Å². The molecule has 0 aliphatic carbocycles. The number of anilines is 1. The van der Waals surface area contributed by atoms with E-state index in [0.29, 0.717) is 42.2 Å². The minimum atomic E-state index is -0.327. The predicted octanol–water partition coefficient (Wildman–Crippen LogP) is 3.60. The summed E-state index contributed by atoms with van der Waals surface area (Å²) in [5.74, 6) is 0.964. The van der Waals surface area contributed by atoms with Crippen LogP contribution < -0.4 is 14.8 Å². The molecule has 3 rings (SSSR count). The molecule has 0 radical (unpaired) electrons. The van der Waals surface area contributed by atoms with Crippen molar-refractivity contribution < 1.29 is 23.8 Å². The number of benzene rings is 2. The number of nitrogens with one attached hydrogen (secondary N) is 1. The van der Waals surface area contributed by atoms with Gasteiger partial charge in [-0.1, -0.05) is 13.8 Å². The highest BCUT2D eigenvalue weighted by molar-refractivity contribution is 5.97. The Labute approximate surface area is 176 Å². The Balaban J connectivity index is 1.42. The molecule has 0 atom stereocenters. The molecule has 1 N–H and O–H groups in total. The molecule has 160 valence electrons. The Morgan fingerprint density at radius 3 is 2.43 bits per heavy atom. The Morgan fingerprint density at radius 1 is 1.00 bits per heavy atom. The molecule has 0 bridgehead atoms. The monoisotopic (exact) mass is 412 g/mol. The van der Waals surface area contributed by atoms with Crippen molar-refractivity contribution in [3.05, 3.63) is 53.6 Å². The first-order valence-electron chi connectivity index (χ1n) is 10.3. The molecule has 0 saturated heterocycles. The van der Waals surface area contributed by atoms with E-state index in [1.807, 2.05) is 12.1 Å². The van der Waals surface area contributed by atoms with E-state index in [1.54, 1.807) is 30.3 Å². The first kappa shape index (κ1) is 21.6. The molecular weight excluding hydrogens is 384 g/mol. The summed E-state index contributed by atoms with van der Waals surface area (Å²) in [7, 11) is 0. The van der Waals surface area contributed by atoms with Crippen molar-refractivity contribution in [2.75, 3.05) is 44.9 Å². The van der Waals surface area contributed by atoms with Crippen LogP contribution in [0.1, 0.15) is 41.0 Å². The molecule has 7 heteroatoms. The van der Waals surface area contributed by atoms with Crippen LogP contribution in [-0.4, -0.2) is 56.2 Å². The number of hydrogen-bond donors (Lipinski definition) is 1. The fourth-order valence-electron chi connectivity index (χ4n) is 3.15. The van der Waals surface area contributed by atoms with Crippen molar-refractivity contribution >= 4 is 17.4 Å². The number of fused-ring (bicyclic) bond motifs is 1. The average Bonchev–Trinajstić information content (AvgIpc) is 3.25. The van der Waals surface area contributed by atoms with Gasteiger partial charge in [0.05, 0.1) is 5.56 Å². The summed E-state index contributed by atoms with van der Waals surface area (Å²) in [6, 6.07) is 12.3. The lowest BCUT2D eigenvalue weighted by Crippen LogP contribution is -2.27. The summed E-state index contributed by atoms with van der Waals surface area (Å²) < 4.78 is 15.9. The van der Waals surface area contributed by atoms with Crippen molar-refractivity contribution in [1.82, 2.24) is 4.90 Å². The van der Waals surface area contributed by atoms with Crippen molar-refractivity contribution in [1.29, 1.82) is 0 Å². The van der Waals surface area contributed by atoms with Crippen LogP contribution >= 0.6 is 0 Å². The predicted molar refractivity (Wildman–Crippen MR) is 115 cm³/mol. The van der Waals surface area contributed by atoms with Gasteiger partial charge in [-0.25, -0.2) is 4.79 Å². The lowest BCUT2D eigenvalue weighted by Gasteiger charge is -2.17. The number of hydrogen-bond acceptors (Lipinski definition) is 7. The van der Waals surface area contributed by atoms with Gasteiger partial charge in [0.1, 0.15) is 6.61 Å². The maximum absolute atomic E-state index is 12.4. The average molecular weight is 412 g/mol. The first-order valence-corrected chi connectivity index (χ1v) is 10.3. The quantitative estimate of drug-likeness (QED) is 0.446. The van der Waals surface area contributed by atoms with E-state index in [0.717, 1.165) is 25.3 Å². The number of ether oxygens (including phenoxy) is 3. The van der Waals surface area contributed by atoms with Gasteiger partial charge in [0, 0.05) is 30.8 Å². The normalized spacial score (nSPS) is 12.1. The van der Waals surface area contributed by atoms with E-state index in [4.69, 9.17) is 14.2 Å². The number of nitrogens with zero attached hydrogens (tertiary/aromatic N) is 1. The van der Waals surface area contributed by atoms with Crippen LogP contribution in [0.3, 0.4) is 0 Å². The molecule has 1 aliphatic heterocycles. The number of ketones is 1. The van der Waals surface area contributed by atoms with Gasteiger partial charge in [0.2, 0.25) is 6.79 Å². The molecule has 0 unspecified atom stereocenters. The summed E-state index contributed by atoms with van der Waals surface area (Å²) >= 11 is 0. The largest absolute Gasteiger partial charge is 0.461 e. The van der Waals surface area contributed by atoms with Crippen LogP contribution in [0.2, 0.25) is 0 Å². The van der Waals surface area contributed by atoms with Crippen molar-refractivity contribution in [2.24, 2.45) is 0 Å². The molecule has 1 aliphatic rings. The highest BCUT2D eigenvalue weighted by Crippen LogP contribution is 2.32. The Morgan fingerprint density at radius 2 is 1.70 bits per heavy atom. The molecule has 0 aromatic heterocycles. The van der Waals surface area contributed by atoms with E-state index >= 15 is 0 Å². The van der Waals surface area contributed by atoms with Gasteiger partial charge in [0.15, 0.2) is 17.3 Å². The van der Waals surface area contributed by atoms with Gasteiger partial charge in [0.25, 0.3) is 0 Å². The second-order valence-corrected chi connectivity index (χ2v) is 6.91. The number of carbonyl (C=O) groups excluding carboxylic acids is 2. The van der Waals surface area contributed by atoms with E-state index in [1.165, 1.54) is 0 Å². The molecule has 30 heavy (non-hydrogen) atoms. The Hall–Kier alpha value is -3.06. The fraction of sp³-hybridized carbons (Fsp3) is 0.391. The van der Waals surface area contributed by atoms with Crippen LogP contribution in [0.25, 0.3) is 0 Å². The Kier molecular flexibility index (Phi) is 7.68. The van der Waals surface area contributed by atoms with Crippen molar-refractivity contribution in [3.63, 3.8) is 0 Å². The molecule has 7 nitrogen and oxygen atoms in total. The van der Waals surface area contributed by atoms with E-state index in [9.17, 15) is 9.59 Å². The number of likely N-dealkylation sites (N-methyl/N-ethyl adjacent to an activating group) is 1. The number of rotatable bonds is 11. The van der Waals surface area contributed by atoms with Gasteiger partial charge in [-0.05, 0) is 55.6 Å². The lowest BCUT2D eigenvalue weighted by molar-refractivity contribution is 0.0466. The maximum Gasteiger partial charge on any atom is 0.338 e. The smallest absolute Gasteiger partial charge is 0.338 e. The van der Waals surface area contributed by atoms with E-state index in [-0.39, 0.29) is 18.5 Å². The number of esters is 1. The van der Waals surface area contributed by atoms with Crippen LogP contribution in [0.5, 0.6) is 11.5 Å². The molecule has 0 saturated carbocycles. The summed E-state index contributed by atoms with van der Waals surface area (Å²) in [6.45, 7) is 7.82. The number of carbonyl (C=O) groups is 2. The first-order chi connectivity index (χ1) is 14.6. The minimum absolute atomic E-state index is 0.0224. The highest BCUT2D eigenvalue weighted by Gasteiger charge is 2.16. The third-order valence-electron chi connectivity index (χ3n) is 5.03. The van der Waals surface area contributed by atoms with Gasteiger partial charge in [-0.2, -0.15) is 0 Å². The zero-order valence-corrected chi connectivity index (χ0v) is 17.5. The Bertz CT molecular complexity index is 862. The minimum Gasteiger partial charge on any atom is -0.461 e. The van der Waals surface area contributed by atoms with Gasteiger partial charge in [-0.15, -0.1) is 0 Å². The molecule has 1 heterocycles. The SMILES string of the molecule is CCN(CC)CCOC(=O)c1ccc(NCCC(=O)c2ccc3c(c2)OCO3)cc1. The molecule has 2 aromatic carbocycles. The maximum atomic E-state index is 12.4. The molecule has 0 amide bonds. The third kappa shape index (κ3) is 5.73. The summed E-state index contributed by atoms with van der Waals surface area (Å²) in [4.78, 5) is 26.7. The van der Waals surface area contributed by atoms with Gasteiger partial charge >= 0.3 is 5.97 Å². The number of Topliss-reactive ketones (excluding diaryl/α,β-unsaturated/α-hetero) is 1. The molecule has 0 spiro atoms. The van der Waals surface area contributed by atoms with E-state index in [2.05, 4.69) is 24.1 Å². The summed E-state index contributed by atoms with van der Waals surface area (Å²) in [5.41, 5.74) is 1.95. The summed E-state index contributed by atoms with van der Waals surface area (Å²) in [5, 5.41) is 3.20. The summed E-state index contributed by atoms with van der Waals surface area (Å²) in [6.07, 6.45) is 0.342. The van der Waals surface area contributed by atoms with Crippen LogP contribution in [0.15, 0.2) is 42.5 Å². The third-order valence-corrected chi connectivity index (χ3v) is 5.03. The van der Waals surface area contributed by atoms with Crippen molar-refractivity contribution in [3.8, 4) is 11.5 Å². The van der Waals surface area contributed by atoms with Crippen molar-refractivity contribution in [2.45, 2.75) is 20.3 Å². The standard InChI is InChI=1S/C23H28N2O5/c1-3-25(4-2)13-14-28-23(27)17-5-8-19(9-6-17)24-12-11-20(26)18-7-10-21-22(15-18)30-16-29-21/h5-10,15,24H,3-4,11-14,16H2,1-2H3. The second kappa shape index (κ2) is 10.6. The van der Waals surface area contributed by atoms with Crippen LogP contribution in [0.4, 0.5) is 5.69 Å². The van der Waals surface area contributed by atoms with Crippen LogP contribution in [0, 0.1) is 0 Å². The lowest BCUT2D eigenvalue weighted by atomic mass is 10.1. The van der Waals surface area contributed by atoms with Gasteiger partial charge < -0.3 is 24.4 Å². The molecular formula is C23H28N2O5.